The zero-order chi connectivity index (χ0) is 13.2. The maximum absolute atomic E-state index is 6.00. The fourth-order valence-electron chi connectivity index (χ4n) is 2.05. The van der Waals surface area contributed by atoms with Gasteiger partial charge in [-0.3, -0.25) is 0 Å². The van der Waals surface area contributed by atoms with Gasteiger partial charge in [-0.15, -0.1) is 11.8 Å². The predicted octanol–water partition coefficient (Wildman–Crippen LogP) is 3.41. The summed E-state index contributed by atoms with van der Waals surface area (Å²) in [5.74, 6) is 4.19. The van der Waals surface area contributed by atoms with Crippen LogP contribution in [0.15, 0.2) is 29.2 Å². The van der Waals surface area contributed by atoms with Gasteiger partial charge in [0.2, 0.25) is 0 Å². The van der Waals surface area contributed by atoms with Crippen LogP contribution in [0.3, 0.4) is 0 Å². The Balaban J connectivity index is 1.78. The number of aryl methyl sites for hydroxylation is 1. The van der Waals surface area contributed by atoms with Crippen LogP contribution in [0, 0.1) is 6.92 Å². The van der Waals surface area contributed by atoms with Crippen LogP contribution in [0.5, 0.6) is 0 Å². The Labute approximate surface area is 121 Å². The summed E-state index contributed by atoms with van der Waals surface area (Å²) in [6.45, 7) is 2.12. The third kappa shape index (κ3) is 2.72. The molecule has 1 aromatic carbocycles. The Morgan fingerprint density at radius 3 is 2.95 bits per heavy atom. The van der Waals surface area contributed by atoms with Crippen molar-refractivity contribution >= 4 is 29.3 Å². The summed E-state index contributed by atoms with van der Waals surface area (Å²) < 4.78 is 0. The largest absolute Gasteiger partial charge is 0.383 e. The van der Waals surface area contributed by atoms with Crippen LogP contribution in [-0.4, -0.2) is 9.97 Å². The standard InChI is InChI=1S/C14H15N3S2/c1-9-4-2-3-5-12(9)19-8-13-16-11-7-18-6-10(11)14(15)17-13/h2-5H,6-8H2,1H3,(H2,15,16,17). The monoisotopic (exact) mass is 289 g/mol. The van der Waals surface area contributed by atoms with Crippen molar-refractivity contribution in [1.82, 2.24) is 9.97 Å². The van der Waals surface area contributed by atoms with E-state index in [0.29, 0.717) is 5.82 Å². The second-order valence-electron chi connectivity index (χ2n) is 4.50. The molecule has 0 amide bonds. The van der Waals surface area contributed by atoms with E-state index in [1.165, 1.54) is 10.5 Å². The quantitative estimate of drug-likeness (QED) is 0.878. The van der Waals surface area contributed by atoms with Crippen LogP contribution in [-0.2, 0) is 17.3 Å². The number of nitrogens with zero attached hydrogens (tertiary/aromatic N) is 2. The maximum atomic E-state index is 6.00. The molecule has 5 heteroatoms. The summed E-state index contributed by atoms with van der Waals surface area (Å²) in [7, 11) is 0. The van der Waals surface area contributed by atoms with Gasteiger partial charge in [0.25, 0.3) is 0 Å². The van der Waals surface area contributed by atoms with Crippen molar-refractivity contribution in [3.05, 3.63) is 46.9 Å². The highest BCUT2D eigenvalue weighted by Crippen LogP contribution is 2.32. The van der Waals surface area contributed by atoms with E-state index in [2.05, 4.69) is 41.2 Å². The molecule has 2 aromatic rings. The fourth-order valence-corrected chi connectivity index (χ4v) is 3.99. The van der Waals surface area contributed by atoms with Crippen LogP contribution in [0.2, 0.25) is 0 Å². The first-order chi connectivity index (χ1) is 9.24. The Morgan fingerprint density at radius 2 is 2.11 bits per heavy atom. The van der Waals surface area contributed by atoms with E-state index < -0.39 is 0 Å². The molecule has 0 aliphatic carbocycles. The summed E-state index contributed by atoms with van der Waals surface area (Å²) in [6, 6.07) is 8.37. The molecule has 0 bridgehead atoms. The lowest BCUT2D eigenvalue weighted by Crippen LogP contribution is -2.04. The minimum Gasteiger partial charge on any atom is -0.383 e. The van der Waals surface area contributed by atoms with Gasteiger partial charge in [0.15, 0.2) is 0 Å². The molecule has 0 fully saturated rings. The van der Waals surface area contributed by atoms with Crippen LogP contribution < -0.4 is 5.73 Å². The van der Waals surface area contributed by atoms with E-state index in [4.69, 9.17) is 5.73 Å². The molecule has 3 rings (SSSR count). The third-order valence-electron chi connectivity index (χ3n) is 3.11. The minimum atomic E-state index is 0.662. The Kier molecular flexibility index (Phi) is 3.66. The molecule has 3 nitrogen and oxygen atoms in total. The molecule has 0 saturated heterocycles. The maximum Gasteiger partial charge on any atom is 0.141 e. The number of hydrogen-bond donors (Lipinski definition) is 1. The van der Waals surface area contributed by atoms with Crippen molar-refractivity contribution < 1.29 is 0 Å². The molecule has 2 N–H and O–H groups in total. The Morgan fingerprint density at radius 1 is 1.26 bits per heavy atom. The first-order valence-corrected chi connectivity index (χ1v) is 8.28. The molecule has 0 radical (unpaired) electrons. The van der Waals surface area contributed by atoms with Crippen LogP contribution in [0.25, 0.3) is 0 Å². The Hall–Kier alpha value is -1.20. The topological polar surface area (TPSA) is 51.8 Å². The van der Waals surface area contributed by atoms with Gasteiger partial charge in [0, 0.05) is 22.0 Å². The third-order valence-corrected chi connectivity index (χ3v) is 5.25. The van der Waals surface area contributed by atoms with E-state index in [-0.39, 0.29) is 0 Å². The van der Waals surface area contributed by atoms with Gasteiger partial charge in [-0.25, -0.2) is 9.97 Å². The normalized spacial score (nSPS) is 13.5. The zero-order valence-corrected chi connectivity index (χ0v) is 12.4. The smallest absolute Gasteiger partial charge is 0.141 e. The first-order valence-electron chi connectivity index (χ1n) is 6.14. The number of hydrogen-bond acceptors (Lipinski definition) is 5. The SMILES string of the molecule is Cc1ccccc1SCc1nc(N)c2c(n1)CSC2. The number of aromatic nitrogens is 2. The highest BCUT2D eigenvalue weighted by atomic mass is 32.2. The van der Waals surface area contributed by atoms with Crippen molar-refractivity contribution in [3.8, 4) is 0 Å². The lowest BCUT2D eigenvalue weighted by atomic mass is 10.2. The summed E-state index contributed by atoms with van der Waals surface area (Å²) in [5.41, 5.74) is 9.54. The van der Waals surface area contributed by atoms with Gasteiger partial charge in [-0.2, -0.15) is 11.8 Å². The number of thioether (sulfide) groups is 2. The lowest BCUT2D eigenvalue weighted by molar-refractivity contribution is 0.982. The first kappa shape index (κ1) is 12.8. The average Bonchev–Trinajstić information content (AvgIpc) is 2.87. The number of rotatable bonds is 3. The number of fused-ring (bicyclic) bond motifs is 1. The number of benzene rings is 1. The summed E-state index contributed by atoms with van der Waals surface area (Å²) in [5, 5.41) is 0. The van der Waals surface area contributed by atoms with Crippen LogP contribution in [0.4, 0.5) is 5.82 Å². The molecular weight excluding hydrogens is 274 g/mol. The van der Waals surface area contributed by atoms with E-state index >= 15 is 0 Å². The molecule has 19 heavy (non-hydrogen) atoms. The fraction of sp³-hybridized carbons (Fsp3) is 0.286. The van der Waals surface area contributed by atoms with Crippen molar-refractivity contribution in [2.45, 2.75) is 29.1 Å². The second-order valence-corrected chi connectivity index (χ2v) is 6.50. The van der Waals surface area contributed by atoms with Crippen LogP contribution in [0.1, 0.15) is 22.6 Å². The Bertz CT molecular complexity index is 614. The molecule has 1 aliphatic rings. The zero-order valence-electron chi connectivity index (χ0n) is 10.7. The van der Waals surface area contributed by atoms with Gasteiger partial charge >= 0.3 is 0 Å². The molecule has 1 aromatic heterocycles. The van der Waals surface area contributed by atoms with Gasteiger partial charge in [-0.1, -0.05) is 18.2 Å². The molecular formula is C14H15N3S2. The summed E-state index contributed by atoms with van der Waals surface area (Å²) in [6.07, 6.45) is 0. The number of nitrogens with two attached hydrogens (primary N) is 1. The molecule has 0 atom stereocenters. The van der Waals surface area contributed by atoms with Gasteiger partial charge in [0.1, 0.15) is 11.6 Å². The minimum absolute atomic E-state index is 0.662. The lowest BCUT2D eigenvalue weighted by Gasteiger charge is -2.07. The molecule has 98 valence electrons. The highest BCUT2D eigenvalue weighted by molar-refractivity contribution is 7.98. The van der Waals surface area contributed by atoms with Crippen molar-refractivity contribution in [1.29, 1.82) is 0 Å². The predicted molar refractivity (Wildman–Crippen MR) is 82.2 cm³/mol. The summed E-state index contributed by atoms with van der Waals surface area (Å²) in [4.78, 5) is 10.3. The van der Waals surface area contributed by atoms with Gasteiger partial charge in [-0.05, 0) is 18.6 Å². The number of nitrogen functional groups attached to an aromatic ring is 1. The van der Waals surface area contributed by atoms with E-state index in [9.17, 15) is 0 Å². The summed E-state index contributed by atoms with van der Waals surface area (Å²) >= 11 is 3.62. The second kappa shape index (κ2) is 5.43. The molecule has 0 saturated carbocycles. The van der Waals surface area contributed by atoms with Crippen molar-refractivity contribution in [3.63, 3.8) is 0 Å². The van der Waals surface area contributed by atoms with Gasteiger partial charge in [0.05, 0.1) is 11.4 Å². The van der Waals surface area contributed by atoms with E-state index in [1.807, 2.05) is 11.8 Å². The van der Waals surface area contributed by atoms with E-state index in [1.54, 1.807) is 11.8 Å². The van der Waals surface area contributed by atoms with Crippen molar-refractivity contribution in [2.75, 3.05) is 5.73 Å². The van der Waals surface area contributed by atoms with E-state index in [0.717, 1.165) is 34.3 Å². The van der Waals surface area contributed by atoms with Gasteiger partial charge < -0.3 is 5.73 Å². The molecule has 0 spiro atoms. The van der Waals surface area contributed by atoms with Crippen LogP contribution >= 0.6 is 23.5 Å². The molecule has 2 heterocycles. The average molecular weight is 289 g/mol. The highest BCUT2D eigenvalue weighted by Gasteiger charge is 2.18. The number of anilines is 1. The molecule has 0 unspecified atom stereocenters. The molecule has 1 aliphatic heterocycles. The van der Waals surface area contributed by atoms with Crippen molar-refractivity contribution in [2.24, 2.45) is 0 Å².